The zero-order valence-electron chi connectivity index (χ0n) is 14.8. The minimum atomic E-state index is -0.540. The Morgan fingerprint density at radius 1 is 1.12 bits per heavy atom. The highest BCUT2D eigenvalue weighted by molar-refractivity contribution is 5.95. The Kier molecular flexibility index (Phi) is 4.18. The molecule has 5 heteroatoms. The molecular weight excluding hydrogens is 327 g/mol. The molecular formula is C21H21FN4. The van der Waals surface area contributed by atoms with E-state index in [-0.39, 0.29) is 5.82 Å². The molecule has 1 unspecified atom stereocenters. The predicted octanol–water partition coefficient (Wildman–Crippen LogP) is 3.81. The summed E-state index contributed by atoms with van der Waals surface area (Å²) in [5.74, 6) is 0.587. The fourth-order valence-electron chi connectivity index (χ4n) is 3.34. The fraction of sp³-hybridized carbons (Fsp3) is 0.190. The first-order valence-corrected chi connectivity index (χ1v) is 8.65. The van der Waals surface area contributed by atoms with Crippen LogP contribution in [0.4, 0.5) is 4.39 Å². The summed E-state index contributed by atoms with van der Waals surface area (Å²) in [5, 5.41) is 5.52. The van der Waals surface area contributed by atoms with Gasteiger partial charge < -0.3 is 0 Å². The summed E-state index contributed by atoms with van der Waals surface area (Å²) in [5.41, 5.74) is 7.01. The fourth-order valence-corrected chi connectivity index (χ4v) is 3.34. The Bertz CT molecular complexity index is 899. The van der Waals surface area contributed by atoms with Gasteiger partial charge in [0.25, 0.3) is 0 Å². The van der Waals surface area contributed by atoms with Crippen LogP contribution in [-0.4, -0.2) is 16.4 Å². The summed E-state index contributed by atoms with van der Waals surface area (Å²) >= 11 is 0. The van der Waals surface area contributed by atoms with Crippen LogP contribution >= 0.6 is 0 Å². The number of rotatable bonds is 4. The number of allylic oxidation sites excluding steroid dienone is 1. The van der Waals surface area contributed by atoms with E-state index in [1.807, 2.05) is 42.4 Å². The largest absolute Gasteiger partial charge is 0.290 e. The lowest BCUT2D eigenvalue weighted by atomic mass is 9.94. The van der Waals surface area contributed by atoms with E-state index in [0.717, 1.165) is 22.7 Å². The number of nitrogens with zero attached hydrogens (tertiary/aromatic N) is 2. The second-order valence-corrected chi connectivity index (χ2v) is 6.72. The second-order valence-electron chi connectivity index (χ2n) is 6.72. The van der Waals surface area contributed by atoms with Crippen LogP contribution < -0.4 is 10.7 Å². The molecule has 2 aromatic rings. The Labute approximate surface area is 152 Å². The van der Waals surface area contributed by atoms with Crippen LogP contribution in [0.15, 0.2) is 77.7 Å². The number of fused-ring (bicyclic) bond motifs is 1. The molecule has 0 radical (unpaired) electrons. The predicted molar refractivity (Wildman–Crippen MR) is 102 cm³/mol. The minimum absolute atomic E-state index is 0.246. The molecule has 2 N–H and O–H groups in total. The molecule has 0 spiro atoms. The summed E-state index contributed by atoms with van der Waals surface area (Å²) in [7, 11) is 0. The van der Waals surface area contributed by atoms with Crippen molar-refractivity contribution in [2.45, 2.75) is 26.1 Å². The molecule has 2 aliphatic heterocycles. The quantitative estimate of drug-likeness (QED) is 0.883. The Morgan fingerprint density at radius 2 is 1.85 bits per heavy atom. The molecule has 1 atom stereocenters. The van der Waals surface area contributed by atoms with Crippen molar-refractivity contribution >= 4 is 11.3 Å². The molecule has 4 nitrogen and oxygen atoms in total. The Morgan fingerprint density at radius 3 is 2.58 bits per heavy atom. The van der Waals surface area contributed by atoms with E-state index in [0.29, 0.717) is 6.54 Å². The first kappa shape index (κ1) is 16.7. The van der Waals surface area contributed by atoms with E-state index in [1.54, 1.807) is 12.1 Å². The molecule has 0 fully saturated rings. The SMILES string of the molecule is CC1=NC2=C(c3ccc(F)cc3)C(C)(NCc3ccccc3)NN2C=C1. The Balaban J connectivity index is 1.73. The smallest absolute Gasteiger partial charge is 0.154 e. The van der Waals surface area contributed by atoms with Crippen molar-refractivity contribution in [3.05, 3.63) is 89.6 Å². The summed E-state index contributed by atoms with van der Waals surface area (Å²) in [6.07, 6.45) is 3.93. The van der Waals surface area contributed by atoms with Gasteiger partial charge in [0.2, 0.25) is 0 Å². The molecule has 2 heterocycles. The third kappa shape index (κ3) is 3.07. The number of aliphatic imine (C=N–C) groups is 1. The van der Waals surface area contributed by atoms with Crippen molar-refractivity contribution in [2.24, 2.45) is 4.99 Å². The summed E-state index contributed by atoms with van der Waals surface area (Å²) in [6, 6.07) is 16.8. The van der Waals surface area contributed by atoms with Gasteiger partial charge >= 0.3 is 0 Å². The number of hydrazine groups is 1. The molecule has 2 aromatic carbocycles. The van der Waals surface area contributed by atoms with Crippen molar-refractivity contribution < 1.29 is 4.39 Å². The maximum Gasteiger partial charge on any atom is 0.154 e. The van der Waals surface area contributed by atoms with E-state index in [1.165, 1.54) is 17.7 Å². The third-order valence-corrected chi connectivity index (χ3v) is 4.66. The van der Waals surface area contributed by atoms with Crippen LogP contribution in [0.1, 0.15) is 25.0 Å². The van der Waals surface area contributed by atoms with E-state index in [4.69, 9.17) is 4.99 Å². The highest BCUT2D eigenvalue weighted by Crippen LogP contribution is 2.38. The molecule has 132 valence electrons. The maximum atomic E-state index is 13.4. The lowest BCUT2D eigenvalue weighted by molar-refractivity contribution is 0.244. The van der Waals surface area contributed by atoms with Crippen molar-refractivity contribution in [3.8, 4) is 0 Å². The van der Waals surface area contributed by atoms with Gasteiger partial charge in [-0.1, -0.05) is 42.5 Å². The van der Waals surface area contributed by atoms with Crippen molar-refractivity contribution in [3.63, 3.8) is 0 Å². The van der Waals surface area contributed by atoms with Gasteiger partial charge in [0.15, 0.2) is 5.82 Å². The average Bonchev–Trinajstić information content (AvgIpc) is 2.94. The van der Waals surface area contributed by atoms with Crippen molar-refractivity contribution in [2.75, 3.05) is 0 Å². The molecule has 0 saturated heterocycles. The van der Waals surface area contributed by atoms with Gasteiger partial charge in [-0.15, -0.1) is 0 Å². The topological polar surface area (TPSA) is 39.7 Å². The minimum Gasteiger partial charge on any atom is -0.290 e. The normalized spacial score (nSPS) is 21.8. The molecule has 2 aliphatic rings. The summed E-state index contributed by atoms with van der Waals surface area (Å²) in [4.78, 5) is 4.71. The first-order valence-electron chi connectivity index (χ1n) is 8.65. The van der Waals surface area contributed by atoms with Crippen molar-refractivity contribution in [1.29, 1.82) is 0 Å². The number of hydrogen-bond donors (Lipinski definition) is 2. The van der Waals surface area contributed by atoms with Gasteiger partial charge in [0.05, 0.1) is 0 Å². The molecule has 0 bridgehead atoms. The number of nitrogens with one attached hydrogen (secondary N) is 2. The number of benzene rings is 2. The van der Waals surface area contributed by atoms with Crippen LogP contribution in [0, 0.1) is 5.82 Å². The second kappa shape index (κ2) is 6.52. The molecule has 0 aliphatic carbocycles. The van der Waals surface area contributed by atoms with Gasteiger partial charge in [-0.3, -0.25) is 10.3 Å². The van der Waals surface area contributed by atoms with Crippen LogP contribution in [-0.2, 0) is 6.54 Å². The van der Waals surface area contributed by atoms with Gasteiger partial charge in [0, 0.05) is 24.0 Å². The highest BCUT2D eigenvalue weighted by Gasteiger charge is 2.41. The third-order valence-electron chi connectivity index (χ3n) is 4.66. The van der Waals surface area contributed by atoms with E-state index in [2.05, 4.69) is 29.8 Å². The van der Waals surface area contributed by atoms with Gasteiger partial charge in [0.1, 0.15) is 11.5 Å². The zero-order valence-corrected chi connectivity index (χ0v) is 14.8. The van der Waals surface area contributed by atoms with Crippen molar-refractivity contribution in [1.82, 2.24) is 15.8 Å². The first-order chi connectivity index (χ1) is 12.5. The Hall–Kier alpha value is -2.76. The average molecular weight is 348 g/mol. The van der Waals surface area contributed by atoms with E-state index < -0.39 is 5.66 Å². The van der Waals surface area contributed by atoms with Crippen LogP contribution in [0.25, 0.3) is 5.57 Å². The molecule has 0 amide bonds. The highest BCUT2D eigenvalue weighted by atomic mass is 19.1. The summed E-state index contributed by atoms with van der Waals surface area (Å²) < 4.78 is 13.4. The van der Waals surface area contributed by atoms with Gasteiger partial charge in [-0.25, -0.2) is 14.8 Å². The maximum absolute atomic E-state index is 13.4. The standard InChI is InChI=1S/C21H21FN4/c1-15-12-13-26-20(24-15)19(17-8-10-18(22)11-9-17)21(2,25-26)23-14-16-6-4-3-5-7-16/h3-13,23,25H,14H2,1-2H3. The molecule has 0 saturated carbocycles. The number of halogens is 1. The molecule has 4 rings (SSSR count). The van der Waals surface area contributed by atoms with Crippen LogP contribution in [0.2, 0.25) is 0 Å². The number of hydrogen-bond acceptors (Lipinski definition) is 4. The van der Waals surface area contributed by atoms with Gasteiger partial charge in [-0.05, 0) is 43.2 Å². The molecule has 0 aromatic heterocycles. The van der Waals surface area contributed by atoms with E-state index in [9.17, 15) is 4.39 Å². The molecule has 26 heavy (non-hydrogen) atoms. The van der Waals surface area contributed by atoms with Crippen LogP contribution in [0.3, 0.4) is 0 Å². The van der Waals surface area contributed by atoms with Gasteiger partial charge in [-0.2, -0.15) is 0 Å². The lowest BCUT2D eigenvalue weighted by Gasteiger charge is -2.30. The lowest BCUT2D eigenvalue weighted by Crippen LogP contribution is -2.54. The summed E-state index contributed by atoms with van der Waals surface area (Å²) in [6.45, 7) is 4.75. The van der Waals surface area contributed by atoms with E-state index >= 15 is 0 Å². The zero-order chi connectivity index (χ0) is 18.1. The monoisotopic (exact) mass is 348 g/mol. The van der Waals surface area contributed by atoms with Crippen LogP contribution in [0.5, 0.6) is 0 Å².